The fraction of sp³-hybridized carbons (Fsp3) is 0.364. The van der Waals surface area contributed by atoms with E-state index < -0.39 is 0 Å². The third kappa shape index (κ3) is 2.13. The SMILES string of the molecule is O=C1CC(CCl)CN1c1ccccc1S. The van der Waals surface area contributed by atoms with Gasteiger partial charge in [-0.25, -0.2) is 0 Å². The molecule has 4 heteroatoms. The van der Waals surface area contributed by atoms with Gasteiger partial charge < -0.3 is 4.90 Å². The van der Waals surface area contributed by atoms with Crippen LogP contribution in [0, 0.1) is 5.92 Å². The molecule has 0 spiro atoms. The molecule has 0 aromatic heterocycles. The third-order valence-corrected chi connectivity index (χ3v) is 3.41. The van der Waals surface area contributed by atoms with Crippen molar-refractivity contribution in [2.75, 3.05) is 17.3 Å². The third-order valence-electron chi connectivity index (χ3n) is 2.60. The second kappa shape index (κ2) is 4.45. The van der Waals surface area contributed by atoms with E-state index in [1.54, 1.807) is 4.90 Å². The van der Waals surface area contributed by atoms with Gasteiger partial charge in [-0.15, -0.1) is 24.2 Å². The normalized spacial score (nSPS) is 21.1. The predicted octanol–water partition coefficient (Wildman–Crippen LogP) is 2.57. The molecule has 0 radical (unpaired) electrons. The Morgan fingerprint density at radius 3 is 2.80 bits per heavy atom. The second-order valence-electron chi connectivity index (χ2n) is 3.72. The molecule has 15 heavy (non-hydrogen) atoms. The summed E-state index contributed by atoms with van der Waals surface area (Å²) in [4.78, 5) is 14.3. The molecule has 2 rings (SSSR count). The van der Waals surface area contributed by atoms with E-state index in [9.17, 15) is 4.79 Å². The Morgan fingerprint density at radius 1 is 1.47 bits per heavy atom. The summed E-state index contributed by atoms with van der Waals surface area (Å²) >= 11 is 10.1. The molecule has 0 saturated carbocycles. The average Bonchev–Trinajstić information content (AvgIpc) is 2.60. The van der Waals surface area contributed by atoms with Crippen molar-refractivity contribution in [1.82, 2.24) is 0 Å². The van der Waals surface area contributed by atoms with E-state index in [2.05, 4.69) is 12.6 Å². The molecule has 0 N–H and O–H groups in total. The van der Waals surface area contributed by atoms with Crippen LogP contribution >= 0.6 is 24.2 Å². The fourth-order valence-electron chi connectivity index (χ4n) is 1.81. The van der Waals surface area contributed by atoms with Crippen molar-refractivity contribution in [2.45, 2.75) is 11.3 Å². The number of benzene rings is 1. The number of thiol groups is 1. The minimum Gasteiger partial charge on any atom is -0.311 e. The van der Waals surface area contributed by atoms with Crippen molar-refractivity contribution in [2.24, 2.45) is 5.92 Å². The molecule has 1 saturated heterocycles. The summed E-state index contributed by atoms with van der Waals surface area (Å²) in [6, 6.07) is 7.62. The molecule has 1 aromatic carbocycles. The van der Waals surface area contributed by atoms with Gasteiger partial charge in [0.1, 0.15) is 0 Å². The van der Waals surface area contributed by atoms with E-state index >= 15 is 0 Å². The van der Waals surface area contributed by atoms with E-state index in [-0.39, 0.29) is 11.8 Å². The molecule has 0 bridgehead atoms. The summed E-state index contributed by atoms with van der Waals surface area (Å²) in [7, 11) is 0. The van der Waals surface area contributed by atoms with Gasteiger partial charge in [0.2, 0.25) is 5.91 Å². The number of anilines is 1. The number of hydrogen-bond acceptors (Lipinski definition) is 2. The lowest BCUT2D eigenvalue weighted by molar-refractivity contribution is -0.117. The van der Waals surface area contributed by atoms with Gasteiger partial charge in [0.05, 0.1) is 5.69 Å². The summed E-state index contributed by atoms with van der Waals surface area (Å²) in [5.41, 5.74) is 0.887. The maximum Gasteiger partial charge on any atom is 0.227 e. The first-order valence-electron chi connectivity index (χ1n) is 4.86. The molecule has 0 aliphatic carbocycles. The van der Waals surface area contributed by atoms with Crippen LogP contribution in [0.5, 0.6) is 0 Å². The Balaban J connectivity index is 2.25. The van der Waals surface area contributed by atoms with Crippen LogP contribution in [-0.2, 0) is 4.79 Å². The van der Waals surface area contributed by atoms with Crippen molar-refractivity contribution < 1.29 is 4.79 Å². The van der Waals surface area contributed by atoms with Crippen LogP contribution in [0.4, 0.5) is 5.69 Å². The summed E-state index contributed by atoms with van der Waals surface area (Å²) in [6.45, 7) is 0.708. The number of halogens is 1. The standard InChI is InChI=1S/C11H12ClNOS/c12-6-8-5-11(14)13(7-8)9-3-1-2-4-10(9)15/h1-4,8,15H,5-7H2. The maximum atomic E-state index is 11.7. The van der Waals surface area contributed by atoms with Crippen LogP contribution in [0.2, 0.25) is 0 Å². The number of carbonyl (C=O) groups excluding carboxylic acids is 1. The van der Waals surface area contributed by atoms with Gasteiger partial charge >= 0.3 is 0 Å². The molecule has 1 fully saturated rings. The summed E-state index contributed by atoms with van der Waals surface area (Å²) < 4.78 is 0. The van der Waals surface area contributed by atoms with E-state index in [1.807, 2.05) is 24.3 Å². The van der Waals surface area contributed by atoms with E-state index in [4.69, 9.17) is 11.6 Å². The first-order chi connectivity index (χ1) is 7.22. The number of rotatable bonds is 2. The quantitative estimate of drug-likeness (QED) is 0.623. The molecule has 1 aliphatic rings. The fourth-order valence-corrected chi connectivity index (χ4v) is 2.30. The van der Waals surface area contributed by atoms with Crippen LogP contribution in [-0.4, -0.2) is 18.3 Å². The van der Waals surface area contributed by atoms with Crippen LogP contribution < -0.4 is 4.90 Å². The number of hydrogen-bond donors (Lipinski definition) is 1. The Kier molecular flexibility index (Phi) is 3.22. The second-order valence-corrected chi connectivity index (χ2v) is 4.51. The summed E-state index contributed by atoms with van der Waals surface area (Å²) in [6.07, 6.45) is 0.547. The largest absolute Gasteiger partial charge is 0.311 e. The van der Waals surface area contributed by atoms with Crippen molar-refractivity contribution in [3.05, 3.63) is 24.3 Å². The van der Waals surface area contributed by atoms with E-state index in [0.717, 1.165) is 10.6 Å². The zero-order valence-electron chi connectivity index (χ0n) is 8.19. The molecule has 1 amide bonds. The van der Waals surface area contributed by atoms with Crippen molar-refractivity contribution >= 4 is 35.8 Å². The highest BCUT2D eigenvalue weighted by atomic mass is 35.5. The molecule has 1 heterocycles. The Hall–Kier alpha value is -0.670. The maximum absolute atomic E-state index is 11.7. The highest BCUT2D eigenvalue weighted by Gasteiger charge is 2.30. The number of para-hydroxylation sites is 1. The highest BCUT2D eigenvalue weighted by molar-refractivity contribution is 7.80. The van der Waals surface area contributed by atoms with Gasteiger partial charge in [-0.05, 0) is 18.1 Å². The van der Waals surface area contributed by atoms with Gasteiger partial charge in [0.15, 0.2) is 0 Å². The van der Waals surface area contributed by atoms with Crippen LogP contribution in [0.3, 0.4) is 0 Å². The lowest BCUT2D eigenvalue weighted by Crippen LogP contribution is -2.25. The highest BCUT2D eigenvalue weighted by Crippen LogP contribution is 2.30. The Bertz CT molecular complexity index is 383. The zero-order valence-corrected chi connectivity index (χ0v) is 9.84. The molecule has 2 nitrogen and oxygen atoms in total. The molecule has 1 aliphatic heterocycles. The van der Waals surface area contributed by atoms with Gasteiger partial charge in [0, 0.05) is 23.7 Å². The number of nitrogens with zero attached hydrogens (tertiary/aromatic N) is 1. The van der Waals surface area contributed by atoms with Gasteiger partial charge in [0.25, 0.3) is 0 Å². The topological polar surface area (TPSA) is 20.3 Å². The minimum absolute atomic E-state index is 0.141. The smallest absolute Gasteiger partial charge is 0.227 e. The number of carbonyl (C=O) groups is 1. The Labute approximate surface area is 99.6 Å². The van der Waals surface area contributed by atoms with Crippen molar-refractivity contribution in [3.8, 4) is 0 Å². The van der Waals surface area contributed by atoms with E-state index in [0.29, 0.717) is 18.8 Å². The molecule has 1 unspecified atom stereocenters. The summed E-state index contributed by atoms with van der Waals surface area (Å²) in [5.74, 6) is 0.950. The molecule has 80 valence electrons. The Morgan fingerprint density at radius 2 is 2.20 bits per heavy atom. The van der Waals surface area contributed by atoms with E-state index in [1.165, 1.54) is 0 Å². The molecular formula is C11H12ClNOS. The predicted molar refractivity (Wildman–Crippen MR) is 64.9 cm³/mol. The summed E-state index contributed by atoms with van der Waals surface area (Å²) in [5, 5.41) is 0. The lowest BCUT2D eigenvalue weighted by atomic mass is 10.1. The molecular weight excluding hydrogens is 230 g/mol. The van der Waals surface area contributed by atoms with Crippen LogP contribution in [0.15, 0.2) is 29.2 Å². The molecule has 1 atom stereocenters. The average molecular weight is 242 g/mol. The van der Waals surface area contributed by atoms with Crippen LogP contribution in [0.25, 0.3) is 0 Å². The van der Waals surface area contributed by atoms with Crippen molar-refractivity contribution in [1.29, 1.82) is 0 Å². The van der Waals surface area contributed by atoms with Gasteiger partial charge in [-0.3, -0.25) is 4.79 Å². The minimum atomic E-state index is 0.141. The molecule has 1 aromatic rings. The monoisotopic (exact) mass is 241 g/mol. The zero-order chi connectivity index (χ0) is 10.8. The first kappa shape index (κ1) is 10.8. The van der Waals surface area contributed by atoms with Crippen molar-refractivity contribution in [3.63, 3.8) is 0 Å². The van der Waals surface area contributed by atoms with Crippen LogP contribution in [0.1, 0.15) is 6.42 Å². The van der Waals surface area contributed by atoms with Gasteiger partial charge in [-0.2, -0.15) is 0 Å². The van der Waals surface area contributed by atoms with Gasteiger partial charge in [-0.1, -0.05) is 12.1 Å². The lowest BCUT2D eigenvalue weighted by Gasteiger charge is -2.18. The number of amides is 1. The first-order valence-corrected chi connectivity index (χ1v) is 5.85. The number of alkyl halides is 1.